The molecule has 1 aromatic carbocycles. The number of ether oxygens (including phenoxy) is 1. The van der Waals surface area contributed by atoms with Crippen molar-refractivity contribution in [3.8, 4) is 0 Å². The van der Waals surface area contributed by atoms with Gasteiger partial charge >= 0.3 is 6.18 Å². The maximum atomic E-state index is 13.0. The molecule has 1 fully saturated rings. The first-order valence-corrected chi connectivity index (χ1v) is 5.99. The molecular formula is C13H15F4NO. The largest absolute Gasteiger partial charge is 0.416 e. The van der Waals surface area contributed by atoms with Crippen molar-refractivity contribution in [1.82, 2.24) is 5.32 Å². The number of hydrogen-bond donors (Lipinski definition) is 1. The summed E-state index contributed by atoms with van der Waals surface area (Å²) >= 11 is 0. The van der Waals surface area contributed by atoms with E-state index in [9.17, 15) is 17.6 Å². The summed E-state index contributed by atoms with van der Waals surface area (Å²) in [6, 6.07) is 2.74. The lowest BCUT2D eigenvalue weighted by atomic mass is 10.00. The molecule has 0 radical (unpaired) electrons. The third kappa shape index (κ3) is 3.45. The summed E-state index contributed by atoms with van der Waals surface area (Å²) in [7, 11) is 0. The molecule has 0 amide bonds. The highest BCUT2D eigenvalue weighted by Crippen LogP contribution is 2.33. The standard InChI is InChI=1S/C13H15F4NO/c1-12(4-5-19-8-12)18-7-9-2-3-10(14)6-11(9)13(15,16)17/h2-3,6,18H,4-5,7-8H2,1H3. The van der Waals surface area contributed by atoms with Crippen LogP contribution in [0.4, 0.5) is 17.6 Å². The molecule has 0 spiro atoms. The minimum atomic E-state index is -4.55. The van der Waals surface area contributed by atoms with Gasteiger partial charge in [-0.2, -0.15) is 13.2 Å². The second-order valence-corrected chi connectivity index (χ2v) is 5.02. The van der Waals surface area contributed by atoms with Crippen LogP contribution in [0.25, 0.3) is 0 Å². The van der Waals surface area contributed by atoms with Crippen molar-refractivity contribution >= 4 is 0 Å². The lowest BCUT2D eigenvalue weighted by molar-refractivity contribution is -0.138. The Kier molecular flexibility index (Phi) is 3.82. The van der Waals surface area contributed by atoms with Gasteiger partial charge < -0.3 is 10.1 Å². The molecule has 0 aliphatic carbocycles. The van der Waals surface area contributed by atoms with Crippen molar-refractivity contribution in [2.24, 2.45) is 0 Å². The van der Waals surface area contributed by atoms with Crippen molar-refractivity contribution < 1.29 is 22.3 Å². The lowest BCUT2D eigenvalue weighted by Crippen LogP contribution is -2.42. The Balaban J connectivity index is 2.16. The molecule has 1 aromatic rings. The first kappa shape index (κ1) is 14.3. The van der Waals surface area contributed by atoms with Gasteiger partial charge in [-0.3, -0.25) is 0 Å². The number of hydrogen-bond acceptors (Lipinski definition) is 2. The van der Waals surface area contributed by atoms with Gasteiger partial charge in [0.1, 0.15) is 5.82 Å². The van der Waals surface area contributed by atoms with E-state index in [1.54, 1.807) is 0 Å². The van der Waals surface area contributed by atoms with Crippen molar-refractivity contribution in [3.63, 3.8) is 0 Å². The fourth-order valence-corrected chi connectivity index (χ4v) is 2.08. The SMILES string of the molecule is CC1(NCc2ccc(F)cc2C(F)(F)F)CCOC1. The van der Waals surface area contributed by atoms with Crippen molar-refractivity contribution in [2.45, 2.75) is 31.6 Å². The summed E-state index contributed by atoms with van der Waals surface area (Å²) in [5.41, 5.74) is -1.21. The van der Waals surface area contributed by atoms with Gasteiger partial charge in [-0.15, -0.1) is 0 Å². The van der Waals surface area contributed by atoms with E-state index in [0.29, 0.717) is 19.3 Å². The maximum Gasteiger partial charge on any atom is 0.416 e. The molecule has 1 aliphatic rings. The predicted octanol–water partition coefficient (Wildman–Crippen LogP) is 3.11. The Morgan fingerprint density at radius 1 is 1.37 bits per heavy atom. The van der Waals surface area contributed by atoms with E-state index in [0.717, 1.165) is 12.5 Å². The Bertz CT molecular complexity index is 452. The first-order chi connectivity index (χ1) is 8.80. The summed E-state index contributed by atoms with van der Waals surface area (Å²) < 4.78 is 56.6. The fraction of sp³-hybridized carbons (Fsp3) is 0.538. The van der Waals surface area contributed by atoms with E-state index < -0.39 is 17.6 Å². The third-order valence-electron chi connectivity index (χ3n) is 3.30. The molecule has 2 nitrogen and oxygen atoms in total. The smallest absolute Gasteiger partial charge is 0.379 e. The van der Waals surface area contributed by atoms with Crippen LogP contribution < -0.4 is 5.32 Å². The van der Waals surface area contributed by atoms with Crippen LogP contribution in [0.15, 0.2) is 18.2 Å². The van der Waals surface area contributed by atoms with Crippen LogP contribution >= 0.6 is 0 Å². The summed E-state index contributed by atoms with van der Waals surface area (Å²) in [6.07, 6.45) is -3.80. The molecule has 106 valence electrons. The molecule has 1 aliphatic heterocycles. The maximum absolute atomic E-state index is 13.0. The molecule has 19 heavy (non-hydrogen) atoms. The van der Waals surface area contributed by atoms with Gasteiger partial charge in [-0.05, 0) is 31.0 Å². The van der Waals surface area contributed by atoms with Gasteiger partial charge in [0.15, 0.2) is 0 Å². The number of halogens is 4. The van der Waals surface area contributed by atoms with E-state index in [-0.39, 0.29) is 17.6 Å². The Hall–Kier alpha value is -1.14. The Labute approximate surface area is 108 Å². The molecule has 2 rings (SSSR count). The highest BCUT2D eigenvalue weighted by molar-refractivity contribution is 5.30. The number of benzene rings is 1. The average molecular weight is 277 g/mol. The van der Waals surface area contributed by atoms with Crippen molar-refractivity contribution in [2.75, 3.05) is 13.2 Å². The summed E-state index contributed by atoms with van der Waals surface area (Å²) in [4.78, 5) is 0. The zero-order valence-electron chi connectivity index (χ0n) is 10.5. The van der Waals surface area contributed by atoms with Crippen LogP contribution in [0.3, 0.4) is 0 Å². The monoisotopic (exact) mass is 277 g/mol. The first-order valence-electron chi connectivity index (χ1n) is 5.99. The van der Waals surface area contributed by atoms with Crippen LogP contribution in [0.1, 0.15) is 24.5 Å². The fourth-order valence-electron chi connectivity index (χ4n) is 2.08. The van der Waals surface area contributed by atoms with Gasteiger partial charge in [0.05, 0.1) is 12.2 Å². The number of rotatable bonds is 3. The highest BCUT2D eigenvalue weighted by atomic mass is 19.4. The minimum absolute atomic E-state index is 0.0367. The molecule has 1 saturated heterocycles. The number of alkyl halides is 3. The molecule has 1 unspecified atom stereocenters. The van der Waals surface area contributed by atoms with Crippen molar-refractivity contribution in [3.05, 3.63) is 35.1 Å². The van der Waals surface area contributed by atoms with Crippen LogP contribution in [0.5, 0.6) is 0 Å². The van der Waals surface area contributed by atoms with Crippen LogP contribution in [0.2, 0.25) is 0 Å². The zero-order valence-corrected chi connectivity index (χ0v) is 10.5. The van der Waals surface area contributed by atoms with E-state index in [1.165, 1.54) is 6.07 Å². The molecule has 0 aromatic heterocycles. The van der Waals surface area contributed by atoms with Gasteiger partial charge in [-0.25, -0.2) is 4.39 Å². The van der Waals surface area contributed by atoms with Gasteiger partial charge in [0, 0.05) is 18.7 Å². The summed E-state index contributed by atoms with van der Waals surface area (Å²) in [6.45, 7) is 3.00. The molecule has 1 N–H and O–H groups in total. The minimum Gasteiger partial charge on any atom is -0.379 e. The topological polar surface area (TPSA) is 21.3 Å². The molecular weight excluding hydrogens is 262 g/mol. The molecule has 6 heteroatoms. The summed E-state index contributed by atoms with van der Waals surface area (Å²) in [5.74, 6) is -0.883. The van der Waals surface area contributed by atoms with E-state index in [1.807, 2.05) is 6.92 Å². The highest BCUT2D eigenvalue weighted by Gasteiger charge is 2.35. The molecule has 0 bridgehead atoms. The Morgan fingerprint density at radius 2 is 2.11 bits per heavy atom. The number of nitrogens with one attached hydrogen (secondary N) is 1. The molecule has 1 atom stereocenters. The average Bonchev–Trinajstić information content (AvgIpc) is 2.74. The van der Waals surface area contributed by atoms with Gasteiger partial charge in [0.25, 0.3) is 0 Å². The van der Waals surface area contributed by atoms with E-state index >= 15 is 0 Å². The van der Waals surface area contributed by atoms with Gasteiger partial charge in [0.2, 0.25) is 0 Å². The predicted molar refractivity (Wildman–Crippen MR) is 62.1 cm³/mol. The lowest BCUT2D eigenvalue weighted by Gasteiger charge is -2.24. The van der Waals surface area contributed by atoms with Crippen molar-refractivity contribution in [1.29, 1.82) is 0 Å². The summed E-state index contributed by atoms with van der Waals surface area (Å²) in [5, 5.41) is 3.06. The molecule has 1 heterocycles. The zero-order chi connectivity index (χ0) is 14.1. The normalized spacial score (nSPS) is 23.8. The quantitative estimate of drug-likeness (QED) is 0.857. The second-order valence-electron chi connectivity index (χ2n) is 5.02. The van der Waals surface area contributed by atoms with Crippen LogP contribution in [0, 0.1) is 5.82 Å². The second kappa shape index (κ2) is 5.09. The van der Waals surface area contributed by atoms with Crippen LogP contribution in [-0.2, 0) is 17.5 Å². The van der Waals surface area contributed by atoms with Crippen LogP contribution in [-0.4, -0.2) is 18.8 Å². The van der Waals surface area contributed by atoms with Gasteiger partial charge in [-0.1, -0.05) is 6.07 Å². The Morgan fingerprint density at radius 3 is 2.68 bits per heavy atom. The van der Waals surface area contributed by atoms with E-state index in [4.69, 9.17) is 4.74 Å². The molecule has 0 saturated carbocycles. The third-order valence-corrected chi connectivity index (χ3v) is 3.30. The van der Waals surface area contributed by atoms with E-state index in [2.05, 4.69) is 5.32 Å².